The van der Waals surface area contributed by atoms with Gasteiger partial charge in [0.2, 0.25) is 0 Å². The average Bonchev–Trinajstić information content (AvgIpc) is 3.14. The van der Waals surface area contributed by atoms with Crippen molar-refractivity contribution < 1.29 is 9.53 Å². The maximum absolute atomic E-state index is 12.3. The number of carbonyl (C=O) groups is 1. The van der Waals surface area contributed by atoms with E-state index in [1.807, 2.05) is 67.6 Å². The Morgan fingerprint density at radius 2 is 1.56 bits per heavy atom. The van der Waals surface area contributed by atoms with Crippen molar-refractivity contribution in [2.24, 2.45) is 0 Å². The Balaban J connectivity index is 1.84. The molecular weight excluding hydrogens is 224 g/mol. The van der Waals surface area contributed by atoms with E-state index in [1.54, 1.807) is 0 Å². The van der Waals surface area contributed by atoms with E-state index in [4.69, 9.17) is 4.74 Å². The molecule has 0 saturated carbocycles. The molecule has 0 radical (unpaired) electrons. The van der Waals surface area contributed by atoms with Crippen LogP contribution in [0.5, 0.6) is 0 Å². The molecule has 0 unspecified atom stereocenters. The van der Waals surface area contributed by atoms with E-state index >= 15 is 0 Å². The van der Waals surface area contributed by atoms with Gasteiger partial charge in [-0.3, -0.25) is 4.79 Å². The molecule has 3 rings (SSSR count). The molecule has 90 valence electrons. The molecule has 0 N–H and O–H groups in total. The molecule has 1 heterocycles. The summed E-state index contributed by atoms with van der Waals surface area (Å²) in [7, 11) is 0. The monoisotopic (exact) mass is 238 g/mol. The van der Waals surface area contributed by atoms with Crippen LogP contribution < -0.4 is 0 Å². The smallest absolute Gasteiger partial charge is 0.194 e. The Morgan fingerprint density at radius 1 is 1.00 bits per heavy atom. The van der Waals surface area contributed by atoms with Crippen molar-refractivity contribution in [2.45, 2.75) is 18.6 Å². The van der Waals surface area contributed by atoms with Gasteiger partial charge in [-0.25, -0.2) is 0 Å². The summed E-state index contributed by atoms with van der Waals surface area (Å²) in [5, 5.41) is 0. The zero-order valence-electron chi connectivity index (χ0n) is 10.2. The van der Waals surface area contributed by atoms with E-state index in [0.717, 1.165) is 5.56 Å². The van der Waals surface area contributed by atoms with Crippen LogP contribution in [0.3, 0.4) is 0 Å². The van der Waals surface area contributed by atoms with Crippen molar-refractivity contribution in [3.8, 4) is 0 Å². The van der Waals surface area contributed by atoms with Crippen LogP contribution in [-0.2, 0) is 10.3 Å². The van der Waals surface area contributed by atoms with E-state index in [1.165, 1.54) is 0 Å². The van der Waals surface area contributed by atoms with Gasteiger partial charge in [-0.1, -0.05) is 60.7 Å². The maximum atomic E-state index is 12.3. The van der Waals surface area contributed by atoms with Gasteiger partial charge in [0.05, 0.1) is 0 Å². The van der Waals surface area contributed by atoms with Crippen molar-refractivity contribution in [1.82, 2.24) is 0 Å². The lowest BCUT2D eigenvalue weighted by Crippen LogP contribution is -2.16. The zero-order chi connectivity index (χ0) is 12.6. The van der Waals surface area contributed by atoms with E-state index in [0.29, 0.717) is 5.56 Å². The Bertz CT molecular complexity index is 562. The van der Waals surface area contributed by atoms with Crippen LogP contribution in [0.15, 0.2) is 60.7 Å². The van der Waals surface area contributed by atoms with Crippen LogP contribution in [0, 0.1) is 0 Å². The average molecular weight is 238 g/mol. The quantitative estimate of drug-likeness (QED) is 0.607. The first-order chi connectivity index (χ1) is 8.72. The van der Waals surface area contributed by atoms with Crippen LogP contribution in [0.2, 0.25) is 0 Å². The van der Waals surface area contributed by atoms with Gasteiger partial charge < -0.3 is 4.74 Å². The molecule has 2 atom stereocenters. The van der Waals surface area contributed by atoms with Gasteiger partial charge >= 0.3 is 0 Å². The lowest BCUT2D eigenvalue weighted by Gasteiger charge is -2.05. The van der Waals surface area contributed by atoms with Crippen molar-refractivity contribution in [1.29, 1.82) is 0 Å². The molecule has 0 aromatic heterocycles. The van der Waals surface area contributed by atoms with E-state index < -0.39 is 5.60 Å². The minimum absolute atomic E-state index is 0.0574. The Hall–Kier alpha value is -1.93. The third kappa shape index (κ3) is 1.75. The summed E-state index contributed by atoms with van der Waals surface area (Å²) in [5.41, 5.74) is 1.30. The first-order valence-electron chi connectivity index (χ1n) is 6.04. The molecular formula is C16H14O2. The van der Waals surface area contributed by atoms with Crippen molar-refractivity contribution in [2.75, 3.05) is 0 Å². The predicted octanol–water partition coefficient (Wildman–Crippen LogP) is 3.18. The van der Waals surface area contributed by atoms with Crippen LogP contribution in [0.25, 0.3) is 0 Å². The summed E-state index contributed by atoms with van der Waals surface area (Å²) in [6.45, 7) is 1.97. The van der Waals surface area contributed by atoms with Gasteiger partial charge in [-0.15, -0.1) is 0 Å². The number of hydrogen-bond acceptors (Lipinski definition) is 2. The minimum atomic E-state index is -0.464. The highest BCUT2D eigenvalue weighted by atomic mass is 16.6. The Labute approximate surface area is 106 Å². The molecule has 2 aromatic rings. The van der Waals surface area contributed by atoms with E-state index in [-0.39, 0.29) is 11.9 Å². The molecule has 2 nitrogen and oxygen atoms in total. The predicted molar refractivity (Wildman–Crippen MR) is 69.4 cm³/mol. The Kier molecular flexibility index (Phi) is 2.53. The number of carbonyl (C=O) groups excluding carboxylic acids is 1. The fourth-order valence-electron chi connectivity index (χ4n) is 2.26. The maximum Gasteiger partial charge on any atom is 0.194 e. The van der Waals surface area contributed by atoms with Gasteiger partial charge in [0.15, 0.2) is 11.9 Å². The number of benzene rings is 2. The molecule has 2 heteroatoms. The second-order valence-corrected chi connectivity index (χ2v) is 4.70. The van der Waals surface area contributed by atoms with Gasteiger partial charge in [0, 0.05) is 5.56 Å². The summed E-state index contributed by atoms with van der Waals surface area (Å²) < 4.78 is 5.66. The topological polar surface area (TPSA) is 29.6 Å². The van der Waals surface area contributed by atoms with Crippen molar-refractivity contribution in [3.05, 3.63) is 71.8 Å². The number of rotatable bonds is 3. The molecule has 1 aliphatic heterocycles. The zero-order valence-corrected chi connectivity index (χ0v) is 10.2. The number of ketones is 1. The normalized spacial score (nSPS) is 25.7. The number of ether oxygens (including phenoxy) is 1. The molecule has 1 saturated heterocycles. The third-order valence-corrected chi connectivity index (χ3v) is 3.45. The molecule has 18 heavy (non-hydrogen) atoms. The molecule has 2 aromatic carbocycles. The highest BCUT2D eigenvalue weighted by Gasteiger charge is 2.57. The second-order valence-electron chi connectivity index (χ2n) is 4.70. The Morgan fingerprint density at radius 3 is 2.17 bits per heavy atom. The van der Waals surface area contributed by atoms with Crippen LogP contribution in [0.1, 0.15) is 22.8 Å². The lowest BCUT2D eigenvalue weighted by atomic mass is 9.93. The SMILES string of the molecule is C[C@]1(c2ccccc2)O[C@@H]1C(=O)c1ccccc1. The van der Waals surface area contributed by atoms with Crippen molar-refractivity contribution >= 4 is 5.78 Å². The van der Waals surface area contributed by atoms with Crippen molar-refractivity contribution in [3.63, 3.8) is 0 Å². The molecule has 0 amide bonds. The highest BCUT2D eigenvalue weighted by Crippen LogP contribution is 2.47. The van der Waals surface area contributed by atoms with Crippen LogP contribution in [-0.4, -0.2) is 11.9 Å². The summed E-state index contributed by atoms with van der Waals surface area (Å²) in [4.78, 5) is 12.3. The third-order valence-electron chi connectivity index (χ3n) is 3.45. The highest BCUT2D eigenvalue weighted by molar-refractivity contribution is 6.02. The van der Waals surface area contributed by atoms with Gasteiger partial charge in [0.1, 0.15) is 5.60 Å². The van der Waals surface area contributed by atoms with Gasteiger partial charge in [-0.05, 0) is 12.5 Å². The largest absolute Gasteiger partial charge is 0.353 e. The van der Waals surface area contributed by atoms with Gasteiger partial charge in [0.25, 0.3) is 0 Å². The number of epoxide rings is 1. The molecule has 1 fully saturated rings. The van der Waals surface area contributed by atoms with Crippen LogP contribution >= 0.6 is 0 Å². The van der Waals surface area contributed by atoms with Gasteiger partial charge in [-0.2, -0.15) is 0 Å². The first-order valence-corrected chi connectivity index (χ1v) is 6.04. The fourth-order valence-corrected chi connectivity index (χ4v) is 2.26. The summed E-state index contributed by atoms with van der Waals surface area (Å²) in [6, 6.07) is 19.2. The van der Waals surface area contributed by atoms with E-state index in [9.17, 15) is 4.79 Å². The number of Topliss-reactive ketones (excluding diaryl/α,β-unsaturated/α-hetero) is 1. The summed E-state index contributed by atoms with van der Waals surface area (Å²) in [5.74, 6) is 0.0574. The summed E-state index contributed by atoms with van der Waals surface area (Å²) >= 11 is 0. The molecule has 0 aliphatic carbocycles. The number of hydrogen-bond donors (Lipinski definition) is 0. The van der Waals surface area contributed by atoms with E-state index in [2.05, 4.69) is 0 Å². The fraction of sp³-hybridized carbons (Fsp3) is 0.188. The minimum Gasteiger partial charge on any atom is -0.353 e. The van der Waals surface area contributed by atoms with Crippen LogP contribution in [0.4, 0.5) is 0 Å². The molecule has 0 bridgehead atoms. The summed E-state index contributed by atoms with van der Waals surface area (Å²) in [6.07, 6.45) is -0.359. The molecule has 1 aliphatic rings. The second kappa shape index (κ2) is 4.07. The standard InChI is InChI=1S/C16H14O2/c1-16(13-10-6-3-7-11-13)15(18-16)14(17)12-8-4-2-5-9-12/h2-11,15H,1H3/t15-,16-/m1/s1. The lowest BCUT2D eigenvalue weighted by molar-refractivity contribution is 0.0953. The first kappa shape index (κ1) is 11.2. The molecule has 0 spiro atoms.